The largest absolute Gasteiger partial charge is 0.372 e. The van der Waals surface area contributed by atoms with E-state index in [0.29, 0.717) is 5.52 Å². The standard InChI is InChI=1S/C19H22N4O2S/c1-3-23-10-4-5-13-11-14(6-8-17(13)23)19-21-16-12-15(26(20,24)25)7-9-18(16)22(19)2/h6-9,11-12H,3-5,10H2,1-2H3,(H2,20,24,25). The summed E-state index contributed by atoms with van der Waals surface area (Å²) in [5.74, 6) is 0.822. The first-order chi connectivity index (χ1) is 12.4. The molecule has 0 aliphatic carbocycles. The van der Waals surface area contributed by atoms with E-state index in [9.17, 15) is 8.42 Å². The Labute approximate surface area is 153 Å². The monoisotopic (exact) mass is 370 g/mol. The summed E-state index contributed by atoms with van der Waals surface area (Å²) < 4.78 is 25.2. The number of fused-ring (bicyclic) bond motifs is 2. The van der Waals surface area contributed by atoms with Crippen molar-refractivity contribution in [1.29, 1.82) is 0 Å². The number of primary sulfonamides is 1. The van der Waals surface area contributed by atoms with Gasteiger partial charge in [-0.25, -0.2) is 18.5 Å². The third-order valence-electron chi connectivity index (χ3n) is 5.12. The lowest BCUT2D eigenvalue weighted by atomic mass is 9.99. The molecule has 26 heavy (non-hydrogen) atoms. The average Bonchev–Trinajstić information content (AvgIpc) is 2.96. The van der Waals surface area contributed by atoms with Gasteiger partial charge in [-0.1, -0.05) is 0 Å². The highest BCUT2D eigenvalue weighted by molar-refractivity contribution is 7.89. The van der Waals surface area contributed by atoms with Crippen LogP contribution in [0.4, 0.5) is 5.69 Å². The summed E-state index contributed by atoms with van der Waals surface area (Å²) in [5, 5.41) is 5.24. The molecule has 4 rings (SSSR count). The Hall–Kier alpha value is -2.38. The van der Waals surface area contributed by atoms with Crippen molar-refractivity contribution in [3.63, 3.8) is 0 Å². The number of benzene rings is 2. The zero-order chi connectivity index (χ0) is 18.5. The molecule has 2 aromatic carbocycles. The molecule has 1 aliphatic rings. The van der Waals surface area contributed by atoms with E-state index < -0.39 is 10.0 Å². The number of hydrogen-bond acceptors (Lipinski definition) is 4. The fourth-order valence-corrected chi connectivity index (χ4v) is 4.29. The van der Waals surface area contributed by atoms with Crippen molar-refractivity contribution >= 4 is 26.7 Å². The van der Waals surface area contributed by atoms with Gasteiger partial charge in [0.05, 0.1) is 15.9 Å². The van der Waals surface area contributed by atoms with Crippen molar-refractivity contribution in [1.82, 2.24) is 9.55 Å². The van der Waals surface area contributed by atoms with E-state index in [4.69, 9.17) is 5.14 Å². The number of nitrogens with zero attached hydrogens (tertiary/aromatic N) is 3. The molecule has 7 heteroatoms. The SMILES string of the molecule is CCN1CCCc2cc(-c3nc4cc(S(N)(=O)=O)ccc4n3C)ccc21. The zero-order valence-corrected chi connectivity index (χ0v) is 15.8. The number of sulfonamides is 1. The molecule has 0 saturated carbocycles. The molecule has 0 unspecified atom stereocenters. The first-order valence-corrected chi connectivity index (χ1v) is 10.3. The molecule has 0 bridgehead atoms. The van der Waals surface area contributed by atoms with Gasteiger partial charge >= 0.3 is 0 Å². The Morgan fingerprint density at radius 2 is 2.00 bits per heavy atom. The van der Waals surface area contributed by atoms with Gasteiger partial charge < -0.3 is 9.47 Å². The van der Waals surface area contributed by atoms with Crippen molar-refractivity contribution in [2.45, 2.75) is 24.7 Å². The van der Waals surface area contributed by atoms with Crippen molar-refractivity contribution in [2.75, 3.05) is 18.0 Å². The van der Waals surface area contributed by atoms with E-state index in [-0.39, 0.29) is 4.90 Å². The minimum absolute atomic E-state index is 0.0821. The van der Waals surface area contributed by atoms with Gasteiger partial charge in [0.25, 0.3) is 0 Å². The van der Waals surface area contributed by atoms with Crippen LogP contribution >= 0.6 is 0 Å². The second kappa shape index (κ2) is 6.10. The van der Waals surface area contributed by atoms with Gasteiger partial charge in [0.1, 0.15) is 5.82 Å². The van der Waals surface area contributed by atoms with E-state index in [1.807, 2.05) is 11.6 Å². The van der Waals surface area contributed by atoms with E-state index in [1.54, 1.807) is 6.07 Å². The van der Waals surface area contributed by atoms with Crippen molar-refractivity contribution in [2.24, 2.45) is 12.2 Å². The van der Waals surface area contributed by atoms with E-state index >= 15 is 0 Å². The van der Waals surface area contributed by atoms with Crippen LogP contribution in [0.25, 0.3) is 22.4 Å². The summed E-state index contributed by atoms with van der Waals surface area (Å²) in [5.41, 5.74) is 5.19. The molecule has 0 radical (unpaired) electrons. The molecular formula is C19H22N4O2S. The lowest BCUT2D eigenvalue weighted by molar-refractivity contribution is 0.598. The molecule has 3 aromatic rings. The summed E-state index contributed by atoms with van der Waals surface area (Å²) in [6.07, 6.45) is 2.23. The number of aromatic nitrogens is 2. The van der Waals surface area contributed by atoms with Crippen molar-refractivity contribution in [3.05, 3.63) is 42.0 Å². The number of imidazole rings is 1. The number of anilines is 1. The van der Waals surface area contributed by atoms with E-state index in [0.717, 1.165) is 42.8 Å². The van der Waals surface area contributed by atoms with Crippen molar-refractivity contribution in [3.8, 4) is 11.4 Å². The molecular weight excluding hydrogens is 348 g/mol. The minimum Gasteiger partial charge on any atom is -0.372 e. The molecule has 1 aromatic heterocycles. The predicted molar refractivity (Wildman–Crippen MR) is 104 cm³/mol. The van der Waals surface area contributed by atoms with Gasteiger partial charge in [0.15, 0.2) is 0 Å². The van der Waals surface area contributed by atoms with Gasteiger partial charge in [0.2, 0.25) is 10.0 Å². The Bertz CT molecular complexity index is 1100. The number of hydrogen-bond donors (Lipinski definition) is 1. The molecule has 0 amide bonds. The highest BCUT2D eigenvalue weighted by atomic mass is 32.2. The first kappa shape index (κ1) is 17.1. The second-order valence-corrected chi connectivity index (χ2v) is 8.28. The van der Waals surface area contributed by atoms with Gasteiger partial charge in [-0.3, -0.25) is 0 Å². The van der Waals surface area contributed by atoms with Crippen LogP contribution in [0.5, 0.6) is 0 Å². The van der Waals surface area contributed by atoms with Crippen LogP contribution in [0, 0.1) is 0 Å². The summed E-state index contributed by atoms with van der Waals surface area (Å²) in [4.78, 5) is 7.15. The summed E-state index contributed by atoms with van der Waals surface area (Å²) in [6, 6.07) is 11.3. The van der Waals surface area contributed by atoms with Crippen LogP contribution in [-0.2, 0) is 23.5 Å². The fraction of sp³-hybridized carbons (Fsp3) is 0.316. The van der Waals surface area contributed by atoms with Crippen molar-refractivity contribution < 1.29 is 8.42 Å². The van der Waals surface area contributed by atoms with E-state index in [2.05, 4.69) is 35.0 Å². The molecule has 0 spiro atoms. The zero-order valence-electron chi connectivity index (χ0n) is 14.9. The molecule has 2 N–H and O–H groups in total. The summed E-state index contributed by atoms with van der Waals surface area (Å²) >= 11 is 0. The lowest BCUT2D eigenvalue weighted by Gasteiger charge is -2.30. The van der Waals surface area contributed by atoms with Gasteiger partial charge in [-0.2, -0.15) is 0 Å². The topological polar surface area (TPSA) is 81.2 Å². The maximum atomic E-state index is 11.6. The Kier molecular flexibility index (Phi) is 4.00. The normalized spacial score (nSPS) is 14.7. The molecule has 1 aliphatic heterocycles. The van der Waals surface area contributed by atoms with Crippen LogP contribution in [0.15, 0.2) is 41.3 Å². The number of aryl methyl sites for hydroxylation is 2. The lowest BCUT2D eigenvalue weighted by Crippen LogP contribution is -2.28. The maximum absolute atomic E-state index is 11.6. The fourth-order valence-electron chi connectivity index (χ4n) is 3.76. The molecule has 6 nitrogen and oxygen atoms in total. The third-order valence-corrected chi connectivity index (χ3v) is 6.03. The predicted octanol–water partition coefficient (Wildman–Crippen LogP) is 2.66. The second-order valence-electron chi connectivity index (χ2n) is 6.72. The molecule has 2 heterocycles. The molecule has 0 atom stereocenters. The third kappa shape index (κ3) is 2.77. The smallest absolute Gasteiger partial charge is 0.238 e. The first-order valence-electron chi connectivity index (χ1n) is 8.76. The minimum atomic E-state index is -3.74. The van der Waals surface area contributed by atoms with Crippen LogP contribution in [0.2, 0.25) is 0 Å². The Morgan fingerprint density at radius 1 is 1.19 bits per heavy atom. The number of nitrogens with two attached hydrogens (primary N) is 1. The summed E-state index contributed by atoms with van der Waals surface area (Å²) in [6.45, 7) is 4.29. The highest BCUT2D eigenvalue weighted by Crippen LogP contribution is 2.32. The quantitative estimate of drug-likeness (QED) is 0.768. The van der Waals surface area contributed by atoms with E-state index in [1.165, 1.54) is 23.4 Å². The average molecular weight is 370 g/mol. The Balaban J connectivity index is 1.83. The molecule has 0 saturated heterocycles. The van der Waals surface area contributed by atoms with Crippen LogP contribution in [0.1, 0.15) is 18.9 Å². The molecule has 136 valence electrons. The number of rotatable bonds is 3. The van der Waals surface area contributed by atoms with Crippen LogP contribution in [0.3, 0.4) is 0 Å². The molecule has 0 fully saturated rings. The highest BCUT2D eigenvalue weighted by Gasteiger charge is 2.18. The van der Waals surface area contributed by atoms with Gasteiger partial charge in [0, 0.05) is 31.4 Å². The Morgan fingerprint density at radius 3 is 2.73 bits per heavy atom. The van der Waals surface area contributed by atoms with Gasteiger partial charge in [-0.15, -0.1) is 0 Å². The summed E-state index contributed by atoms with van der Waals surface area (Å²) in [7, 11) is -1.79. The van der Waals surface area contributed by atoms with Crippen LogP contribution in [-0.4, -0.2) is 31.1 Å². The van der Waals surface area contributed by atoms with Gasteiger partial charge in [-0.05, 0) is 61.7 Å². The van der Waals surface area contributed by atoms with Crippen LogP contribution < -0.4 is 10.0 Å². The maximum Gasteiger partial charge on any atom is 0.238 e.